The van der Waals surface area contributed by atoms with Crippen molar-refractivity contribution in [1.29, 1.82) is 0 Å². The number of benzene rings is 2. The van der Waals surface area contributed by atoms with Crippen molar-refractivity contribution in [2.24, 2.45) is 0 Å². The van der Waals surface area contributed by atoms with E-state index in [-0.39, 0.29) is 11.2 Å². The van der Waals surface area contributed by atoms with Crippen LogP contribution in [0.2, 0.25) is 5.02 Å². The number of aryl methyl sites for hydroxylation is 3. The number of carbonyl (C=O) groups excluding carboxylic acids is 1. The van der Waals surface area contributed by atoms with Gasteiger partial charge in [-0.1, -0.05) is 41.1 Å². The Balaban J connectivity index is 1.74. The van der Waals surface area contributed by atoms with Crippen LogP contribution in [-0.4, -0.2) is 21.1 Å². The number of amides is 1. The van der Waals surface area contributed by atoms with Gasteiger partial charge in [0, 0.05) is 10.7 Å². The number of anilines is 1. The zero-order valence-corrected chi connectivity index (χ0v) is 16.2. The zero-order chi connectivity index (χ0) is 18.1. The molecule has 3 aromatic rings. The Labute approximate surface area is 156 Å². The van der Waals surface area contributed by atoms with Crippen LogP contribution in [0.4, 0.5) is 5.69 Å². The molecule has 130 valence electrons. The van der Waals surface area contributed by atoms with Crippen molar-refractivity contribution < 1.29 is 4.79 Å². The minimum atomic E-state index is -0.281. The van der Waals surface area contributed by atoms with Gasteiger partial charge in [0.1, 0.15) is 0 Å². The van der Waals surface area contributed by atoms with Crippen molar-refractivity contribution >= 4 is 46.0 Å². The molecule has 6 heteroatoms. The number of rotatable bonds is 4. The van der Waals surface area contributed by atoms with Crippen LogP contribution in [0.15, 0.2) is 35.5 Å². The van der Waals surface area contributed by atoms with E-state index in [4.69, 9.17) is 11.6 Å². The van der Waals surface area contributed by atoms with Crippen LogP contribution in [0.1, 0.15) is 23.6 Å². The average molecular weight is 374 g/mol. The molecule has 0 saturated heterocycles. The lowest BCUT2D eigenvalue weighted by Crippen LogP contribution is -2.23. The van der Waals surface area contributed by atoms with E-state index < -0.39 is 0 Å². The smallest absolute Gasteiger partial charge is 0.237 e. The van der Waals surface area contributed by atoms with Gasteiger partial charge in [0.05, 0.1) is 16.3 Å². The molecule has 0 saturated carbocycles. The number of hydrogen-bond donors (Lipinski definition) is 2. The SMILES string of the molecule is Cc1cc(C)c(NC(=O)[C@@H](C)Sc2nc3ccc(Cl)cc3[nH]2)c(C)c1. The Kier molecular flexibility index (Phi) is 5.06. The molecule has 0 aliphatic rings. The molecule has 1 atom stereocenters. The number of aromatic nitrogens is 2. The second kappa shape index (κ2) is 7.10. The number of halogens is 1. The zero-order valence-electron chi connectivity index (χ0n) is 14.6. The molecular weight excluding hydrogens is 354 g/mol. The fraction of sp³-hybridized carbons (Fsp3) is 0.263. The third-order valence-electron chi connectivity index (χ3n) is 4.01. The van der Waals surface area contributed by atoms with Crippen LogP contribution >= 0.6 is 23.4 Å². The van der Waals surface area contributed by atoms with Crippen LogP contribution < -0.4 is 5.32 Å². The largest absolute Gasteiger partial charge is 0.333 e. The number of carbonyl (C=O) groups is 1. The van der Waals surface area contributed by atoms with Crippen molar-refractivity contribution in [3.8, 4) is 0 Å². The van der Waals surface area contributed by atoms with E-state index >= 15 is 0 Å². The first-order valence-electron chi connectivity index (χ1n) is 8.04. The summed E-state index contributed by atoms with van der Waals surface area (Å²) >= 11 is 7.39. The number of imidazole rings is 1. The van der Waals surface area contributed by atoms with Gasteiger partial charge in [-0.2, -0.15) is 0 Å². The molecular formula is C19H20ClN3OS. The fourth-order valence-corrected chi connectivity index (χ4v) is 3.83. The fourth-order valence-electron chi connectivity index (χ4n) is 2.84. The van der Waals surface area contributed by atoms with E-state index in [1.807, 2.05) is 32.9 Å². The topological polar surface area (TPSA) is 57.8 Å². The maximum atomic E-state index is 12.6. The highest BCUT2D eigenvalue weighted by Gasteiger charge is 2.18. The Morgan fingerprint density at radius 1 is 1.20 bits per heavy atom. The lowest BCUT2D eigenvalue weighted by Gasteiger charge is -2.15. The summed E-state index contributed by atoms with van der Waals surface area (Å²) in [7, 11) is 0. The van der Waals surface area contributed by atoms with Gasteiger partial charge in [-0.15, -0.1) is 0 Å². The van der Waals surface area contributed by atoms with E-state index in [0.29, 0.717) is 10.2 Å². The summed E-state index contributed by atoms with van der Waals surface area (Å²) in [6, 6.07) is 9.64. The number of H-pyrrole nitrogens is 1. The Hall–Kier alpha value is -1.98. The van der Waals surface area contributed by atoms with Gasteiger partial charge in [-0.3, -0.25) is 4.79 Å². The number of thioether (sulfide) groups is 1. The van der Waals surface area contributed by atoms with Crippen LogP contribution in [0.25, 0.3) is 11.0 Å². The van der Waals surface area contributed by atoms with E-state index in [0.717, 1.165) is 27.8 Å². The molecule has 3 rings (SSSR count). The molecule has 0 aliphatic carbocycles. The molecule has 2 N–H and O–H groups in total. The average Bonchev–Trinajstić information content (AvgIpc) is 2.91. The van der Waals surface area contributed by atoms with Crippen molar-refractivity contribution in [1.82, 2.24) is 9.97 Å². The molecule has 2 aromatic carbocycles. The first kappa shape index (κ1) is 17.8. The summed E-state index contributed by atoms with van der Waals surface area (Å²) in [6.45, 7) is 7.95. The van der Waals surface area contributed by atoms with E-state index in [9.17, 15) is 4.79 Å². The number of nitrogens with one attached hydrogen (secondary N) is 2. The van der Waals surface area contributed by atoms with Crippen LogP contribution in [-0.2, 0) is 4.79 Å². The molecule has 1 heterocycles. The van der Waals surface area contributed by atoms with Gasteiger partial charge in [-0.25, -0.2) is 4.98 Å². The highest BCUT2D eigenvalue weighted by molar-refractivity contribution is 8.00. The summed E-state index contributed by atoms with van der Waals surface area (Å²) in [5, 5.41) is 4.13. The van der Waals surface area contributed by atoms with Gasteiger partial charge in [0.25, 0.3) is 0 Å². The van der Waals surface area contributed by atoms with Crippen molar-refractivity contribution in [3.63, 3.8) is 0 Å². The second-order valence-corrected chi connectivity index (χ2v) is 7.99. The maximum absolute atomic E-state index is 12.6. The highest BCUT2D eigenvalue weighted by Crippen LogP contribution is 2.27. The van der Waals surface area contributed by atoms with Crippen LogP contribution in [0.5, 0.6) is 0 Å². The molecule has 1 amide bonds. The third-order valence-corrected chi connectivity index (χ3v) is 5.22. The lowest BCUT2D eigenvalue weighted by molar-refractivity contribution is -0.115. The Bertz CT molecular complexity index is 928. The standard InChI is InChI=1S/C19H20ClN3OS/c1-10-7-11(2)17(12(3)8-10)23-18(24)13(4)25-19-21-15-6-5-14(20)9-16(15)22-19/h5-9,13H,1-4H3,(H,21,22)(H,23,24)/t13-/m1/s1. The molecule has 1 aromatic heterocycles. The Morgan fingerprint density at radius 2 is 1.88 bits per heavy atom. The van der Waals surface area contributed by atoms with Crippen LogP contribution in [0.3, 0.4) is 0 Å². The molecule has 0 spiro atoms. The van der Waals surface area contributed by atoms with E-state index in [2.05, 4.69) is 34.3 Å². The van der Waals surface area contributed by atoms with Crippen molar-refractivity contribution in [2.45, 2.75) is 38.1 Å². The lowest BCUT2D eigenvalue weighted by atomic mass is 10.1. The van der Waals surface area contributed by atoms with Crippen molar-refractivity contribution in [2.75, 3.05) is 5.32 Å². The van der Waals surface area contributed by atoms with Gasteiger partial charge in [0.2, 0.25) is 5.91 Å². The first-order valence-corrected chi connectivity index (χ1v) is 9.30. The van der Waals surface area contributed by atoms with E-state index in [1.165, 1.54) is 17.3 Å². The molecule has 0 unspecified atom stereocenters. The monoisotopic (exact) mass is 373 g/mol. The summed E-state index contributed by atoms with van der Waals surface area (Å²) in [6.07, 6.45) is 0. The predicted octanol–water partition coefficient (Wildman–Crippen LogP) is 5.26. The molecule has 0 radical (unpaired) electrons. The summed E-state index contributed by atoms with van der Waals surface area (Å²) in [5.41, 5.74) is 5.93. The number of aromatic amines is 1. The van der Waals surface area contributed by atoms with Crippen LogP contribution in [0, 0.1) is 20.8 Å². The second-order valence-electron chi connectivity index (χ2n) is 6.23. The highest BCUT2D eigenvalue weighted by atomic mass is 35.5. The van der Waals surface area contributed by atoms with Gasteiger partial charge >= 0.3 is 0 Å². The molecule has 0 aliphatic heterocycles. The predicted molar refractivity (Wildman–Crippen MR) is 106 cm³/mol. The number of fused-ring (bicyclic) bond motifs is 1. The summed E-state index contributed by atoms with van der Waals surface area (Å²) in [5.74, 6) is -0.0430. The van der Waals surface area contributed by atoms with Crippen molar-refractivity contribution in [3.05, 3.63) is 52.0 Å². The molecule has 25 heavy (non-hydrogen) atoms. The molecule has 0 fully saturated rings. The third kappa shape index (κ3) is 3.99. The van der Waals surface area contributed by atoms with Gasteiger partial charge < -0.3 is 10.3 Å². The van der Waals surface area contributed by atoms with Gasteiger partial charge in [0.15, 0.2) is 5.16 Å². The molecule has 4 nitrogen and oxygen atoms in total. The number of nitrogens with zero attached hydrogens (tertiary/aromatic N) is 1. The first-order chi connectivity index (χ1) is 11.8. The normalized spacial score (nSPS) is 12.4. The van der Waals surface area contributed by atoms with E-state index in [1.54, 1.807) is 6.07 Å². The Morgan fingerprint density at radius 3 is 2.56 bits per heavy atom. The number of hydrogen-bond acceptors (Lipinski definition) is 3. The van der Waals surface area contributed by atoms with Gasteiger partial charge in [-0.05, 0) is 57.0 Å². The molecule has 0 bridgehead atoms. The summed E-state index contributed by atoms with van der Waals surface area (Å²) in [4.78, 5) is 20.3. The maximum Gasteiger partial charge on any atom is 0.237 e. The minimum absolute atomic E-state index is 0.0430. The summed E-state index contributed by atoms with van der Waals surface area (Å²) < 4.78 is 0. The quantitative estimate of drug-likeness (QED) is 0.613. The minimum Gasteiger partial charge on any atom is -0.333 e.